The molecule has 0 unspecified atom stereocenters. The van der Waals surface area contributed by atoms with Gasteiger partial charge >= 0.3 is 12.3 Å². The highest BCUT2D eigenvalue weighted by Crippen LogP contribution is 2.33. The lowest BCUT2D eigenvalue weighted by Crippen LogP contribution is -2.45. The number of allylic oxidation sites excluding steroid dienone is 1. The Morgan fingerprint density at radius 3 is 2.61 bits per heavy atom. The Morgan fingerprint density at radius 2 is 1.96 bits per heavy atom. The molecule has 0 saturated carbocycles. The van der Waals surface area contributed by atoms with Gasteiger partial charge in [0.2, 0.25) is 0 Å². The maximum Gasteiger partial charge on any atom is 0.516 e. The number of aliphatic hydroxyl groups is 1. The van der Waals surface area contributed by atoms with Gasteiger partial charge in [-0.1, -0.05) is 37.7 Å². The number of aliphatic hydroxyl groups excluding tert-OH is 1. The molecule has 3 rings (SSSR count). The van der Waals surface area contributed by atoms with Gasteiger partial charge in [-0.25, -0.2) is 4.79 Å². The van der Waals surface area contributed by atoms with Crippen molar-refractivity contribution >= 4 is 40.7 Å². The van der Waals surface area contributed by atoms with Crippen LogP contribution in [0.5, 0.6) is 17.4 Å². The molecule has 0 radical (unpaired) electrons. The Balaban J connectivity index is 1.80. The lowest BCUT2D eigenvalue weighted by atomic mass is 9.84. The third kappa shape index (κ3) is 10.0. The number of carbonyl (C=O) groups is 2. The number of halogens is 3. The Morgan fingerprint density at radius 1 is 1.22 bits per heavy atom. The van der Waals surface area contributed by atoms with Crippen LogP contribution in [0.4, 0.5) is 18.0 Å². The number of carbonyl (C=O) groups excluding carboxylic acids is 2. The molecule has 2 atom stereocenters. The number of phenols is 1. The lowest BCUT2D eigenvalue weighted by Gasteiger charge is -2.25. The van der Waals surface area contributed by atoms with Gasteiger partial charge in [0.25, 0.3) is 5.95 Å². The molecule has 0 amide bonds. The highest BCUT2D eigenvalue weighted by molar-refractivity contribution is 7.81. The molecule has 1 aromatic carbocycles. The zero-order valence-corrected chi connectivity index (χ0v) is 26.6. The van der Waals surface area contributed by atoms with E-state index in [1.165, 1.54) is 19.1 Å². The molecule has 0 bridgehead atoms. The number of alkyl halides is 3. The number of hydrogen-bond donors (Lipinski definition) is 2. The molecule has 1 aliphatic carbocycles. The summed E-state index contributed by atoms with van der Waals surface area (Å²) in [6.07, 6.45) is -1.24. The lowest BCUT2D eigenvalue weighted by molar-refractivity contribution is -0.140. The summed E-state index contributed by atoms with van der Waals surface area (Å²) in [5.41, 5.74) is 0.433. The minimum absolute atomic E-state index is 0.0295. The number of aromatic hydroxyl groups is 1. The molecular weight excluding hydrogens is 629 g/mol. The summed E-state index contributed by atoms with van der Waals surface area (Å²) < 4.78 is 59.8. The van der Waals surface area contributed by atoms with Crippen molar-refractivity contribution in [3.8, 4) is 17.4 Å². The average molecular weight is 667 g/mol. The molecule has 0 aliphatic heterocycles. The van der Waals surface area contributed by atoms with Crippen LogP contribution in [0.2, 0.25) is 0 Å². The summed E-state index contributed by atoms with van der Waals surface area (Å²) >= 11 is 5.36. The van der Waals surface area contributed by atoms with Crippen molar-refractivity contribution in [2.75, 3.05) is 13.7 Å². The number of Topliss-reactive ketones (excluding diaryl/α,β-unsaturated/α-hetero) is 1. The second kappa shape index (κ2) is 16.5. The molecule has 13 heteroatoms. The number of fused-ring (bicyclic) bond motifs is 1. The Hall–Kier alpha value is -3.97. The van der Waals surface area contributed by atoms with E-state index in [0.29, 0.717) is 54.0 Å². The molecule has 2 aromatic rings. The van der Waals surface area contributed by atoms with E-state index in [4.69, 9.17) is 26.1 Å². The van der Waals surface area contributed by atoms with Gasteiger partial charge in [-0.05, 0) is 62.8 Å². The monoisotopic (exact) mass is 666 g/mol. The van der Waals surface area contributed by atoms with Crippen LogP contribution in [-0.4, -0.2) is 53.0 Å². The van der Waals surface area contributed by atoms with Gasteiger partial charge in [0.1, 0.15) is 16.9 Å². The van der Waals surface area contributed by atoms with Crippen molar-refractivity contribution in [3.63, 3.8) is 0 Å². The number of ether oxygens (including phenoxy) is 3. The van der Waals surface area contributed by atoms with Crippen LogP contribution < -0.4 is 25.5 Å². The quantitative estimate of drug-likeness (QED) is 0.0829. The van der Waals surface area contributed by atoms with E-state index in [1.807, 2.05) is 6.92 Å². The minimum atomic E-state index is -4.49. The molecule has 2 N–H and O–H groups in total. The first-order valence-corrected chi connectivity index (χ1v) is 15.2. The van der Waals surface area contributed by atoms with Crippen molar-refractivity contribution in [2.24, 2.45) is 5.92 Å². The highest BCUT2D eigenvalue weighted by atomic mass is 32.1. The fraction of sp³-hybridized carbons (Fsp3) is 0.455. The number of thiocarbonyl (C=S) groups is 1. The molecule has 9 nitrogen and oxygen atoms in total. The molecule has 1 aromatic heterocycles. The topological polar surface area (TPSA) is 132 Å². The molecule has 0 fully saturated rings. The van der Waals surface area contributed by atoms with Gasteiger partial charge in [0, 0.05) is 29.2 Å². The van der Waals surface area contributed by atoms with E-state index < -0.39 is 48.6 Å². The van der Waals surface area contributed by atoms with Crippen LogP contribution in [-0.2, 0) is 11.2 Å². The van der Waals surface area contributed by atoms with Crippen molar-refractivity contribution < 1.29 is 51.6 Å². The van der Waals surface area contributed by atoms with Gasteiger partial charge in [-0.2, -0.15) is 13.2 Å². The van der Waals surface area contributed by atoms with Crippen LogP contribution in [0, 0.1) is 5.92 Å². The normalized spacial score (nSPS) is 14.4. The number of phenolic OH excluding ortho intramolecular Hbond substituents is 1. The molecule has 1 aliphatic rings. The van der Waals surface area contributed by atoms with Crippen molar-refractivity contribution in [1.82, 2.24) is 0 Å². The molecule has 46 heavy (non-hydrogen) atoms. The van der Waals surface area contributed by atoms with E-state index in [0.717, 1.165) is 19.6 Å². The fourth-order valence-corrected chi connectivity index (χ4v) is 5.39. The van der Waals surface area contributed by atoms with Crippen LogP contribution >= 0.6 is 12.2 Å². The van der Waals surface area contributed by atoms with Gasteiger partial charge in [-0.15, -0.1) is 0 Å². The molecule has 1 heterocycles. The largest absolute Gasteiger partial charge is 0.516 e. The summed E-state index contributed by atoms with van der Waals surface area (Å²) in [5.74, 6) is -1.27. The Labute approximate surface area is 269 Å². The SMILES string of the molecule is CCCc1c(OCCCC/C=C\[C@@H](C2=c3c(=O)cc(OC(=O)OC)oc3=CC(=S)C2)[C@H](O)CCC(F)(F)F)ccc(C(C)=O)c1O. The number of hydrogen-bond acceptors (Lipinski definition) is 10. The highest BCUT2D eigenvalue weighted by Gasteiger charge is 2.32. The number of unbranched alkanes of at least 4 members (excludes halogenated alkanes) is 2. The first kappa shape index (κ1) is 36.5. The number of rotatable bonds is 15. The van der Waals surface area contributed by atoms with Gasteiger partial charge in [0.15, 0.2) is 11.2 Å². The predicted molar refractivity (Wildman–Crippen MR) is 168 cm³/mol. The smallest absolute Gasteiger partial charge is 0.507 e. The number of benzene rings is 1. The standard InChI is InChI=1S/C33H37F3O9S/c1-4-9-23-27(12-11-21(19(2)37)31(23)40)43-15-8-6-5-7-10-22(25(38)13-14-33(34,35)36)24-16-20(46)17-28-30(24)26(39)18-29(44-28)45-32(41)42-3/h7,10-12,17-18,22,25,38,40H,4-6,8-9,13-16H2,1-3H3/b10-7-/t22-,25+/m0/s1. The van der Waals surface area contributed by atoms with Crippen molar-refractivity contribution in [2.45, 2.75) is 77.5 Å². The van der Waals surface area contributed by atoms with E-state index in [-0.39, 0.29) is 34.2 Å². The zero-order valence-electron chi connectivity index (χ0n) is 25.8. The molecule has 250 valence electrons. The van der Waals surface area contributed by atoms with E-state index in [1.54, 1.807) is 18.2 Å². The maximum absolute atomic E-state index is 13.1. The number of ketones is 1. The van der Waals surface area contributed by atoms with Crippen LogP contribution in [0.3, 0.4) is 0 Å². The molecular formula is C33H37F3O9S. The molecule has 0 saturated heterocycles. The van der Waals surface area contributed by atoms with Gasteiger partial charge in [-0.3, -0.25) is 9.59 Å². The third-order valence-corrected chi connectivity index (χ3v) is 7.57. The van der Waals surface area contributed by atoms with E-state index in [9.17, 15) is 37.8 Å². The Bertz CT molecular complexity index is 1640. The summed E-state index contributed by atoms with van der Waals surface area (Å²) in [4.78, 5) is 36.7. The van der Waals surface area contributed by atoms with Gasteiger partial charge in [0.05, 0.1) is 36.7 Å². The number of methoxy groups -OCH3 is 1. The second-order valence-electron chi connectivity index (χ2n) is 10.8. The second-order valence-corrected chi connectivity index (χ2v) is 11.3. The van der Waals surface area contributed by atoms with Crippen molar-refractivity contribution in [3.05, 3.63) is 62.3 Å². The summed E-state index contributed by atoms with van der Waals surface area (Å²) in [5, 5.41) is 21.5. The van der Waals surface area contributed by atoms with Crippen molar-refractivity contribution in [1.29, 1.82) is 0 Å². The van der Waals surface area contributed by atoms with Crippen LogP contribution in [0.15, 0.2) is 39.6 Å². The summed E-state index contributed by atoms with van der Waals surface area (Å²) in [6, 6.07) is 4.10. The third-order valence-electron chi connectivity index (χ3n) is 7.31. The zero-order chi connectivity index (χ0) is 34.0. The Kier molecular flexibility index (Phi) is 13.1. The minimum Gasteiger partial charge on any atom is -0.507 e. The van der Waals surface area contributed by atoms with E-state index in [2.05, 4.69) is 4.74 Å². The van der Waals surface area contributed by atoms with Crippen LogP contribution in [0.25, 0.3) is 11.6 Å². The van der Waals surface area contributed by atoms with Gasteiger partial charge < -0.3 is 28.8 Å². The first-order chi connectivity index (χ1) is 21.7. The first-order valence-electron chi connectivity index (χ1n) is 14.8. The fourth-order valence-electron chi connectivity index (χ4n) is 5.13. The van der Waals surface area contributed by atoms with Crippen LogP contribution in [0.1, 0.15) is 74.7 Å². The maximum atomic E-state index is 13.1. The summed E-state index contributed by atoms with van der Waals surface area (Å²) in [7, 11) is 1.07. The summed E-state index contributed by atoms with van der Waals surface area (Å²) in [6.45, 7) is 3.64. The van der Waals surface area contributed by atoms with E-state index >= 15 is 0 Å². The molecule has 0 spiro atoms. The predicted octanol–water partition coefficient (Wildman–Crippen LogP) is 5.48. The average Bonchev–Trinajstić information content (AvgIpc) is 2.97.